The molecule has 0 radical (unpaired) electrons. The number of rotatable bonds is 8. The Morgan fingerprint density at radius 1 is 1.04 bits per heavy atom. The van der Waals surface area contributed by atoms with Gasteiger partial charge in [-0.3, -0.25) is 9.59 Å². The summed E-state index contributed by atoms with van der Waals surface area (Å²) < 4.78 is 10.3. The van der Waals surface area contributed by atoms with Crippen LogP contribution in [0.4, 0.5) is 11.4 Å². The van der Waals surface area contributed by atoms with Crippen molar-refractivity contribution >= 4 is 29.4 Å². The Balaban J connectivity index is 1.79. The number of hydrogen-bond donors (Lipinski definition) is 2. The molecule has 0 aromatic heterocycles. The molecule has 0 heterocycles. The van der Waals surface area contributed by atoms with Gasteiger partial charge in [-0.15, -0.1) is 0 Å². The summed E-state index contributed by atoms with van der Waals surface area (Å²) in [6.07, 6.45) is 0.959. The van der Waals surface area contributed by atoms with E-state index in [1.807, 2.05) is 19.1 Å². The number of nitrogens with zero attached hydrogens (tertiary/aromatic N) is 1. The number of hydrogen-bond acceptors (Lipinski definition) is 6. The third kappa shape index (κ3) is 6.35. The average molecular weight is 371 g/mol. The van der Waals surface area contributed by atoms with E-state index in [0.717, 1.165) is 11.8 Å². The van der Waals surface area contributed by atoms with Gasteiger partial charge in [0.05, 0.1) is 19.9 Å². The summed E-state index contributed by atoms with van der Waals surface area (Å²) in [6.45, 7) is 1.59. The Morgan fingerprint density at radius 3 is 2.44 bits per heavy atom. The minimum Gasteiger partial charge on any atom is -0.497 e. The van der Waals surface area contributed by atoms with Crippen LogP contribution in [0.3, 0.4) is 0 Å². The average Bonchev–Trinajstić information content (AvgIpc) is 2.67. The smallest absolute Gasteiger partial charge is 0.270 e. The number of carbonyl (C=O) groups is 2. The van der Waals surface area contributed by atoms with Gasteiger partial charge in [0, 0.05) is 11.8 Å². The summed E-state index contributed by atoms with van der Waals surface area (Å²) in [4.78, 5) is 28.5. The molecule has 0 fully saturated rings. The third-order valence-corrected chi connectivity index (χ3v) is 3.44. The van der Waals surface area contributed by atoms with Crippen molar-refractivity contribution in [3.05, 3.63) is 48.0 Å². The molecule has 2 N–H and O–H groups in total. The maximum atomic E-state index is 11.9. The summed E-state index contributed by atoms with van der Waals surface area (Å²) in [5.41, 5.74) is 2.19. The number of nitrogens with one attached hydrogen (secondary N) is 2. The van der Waals surface area contributed by atoms with Gasteiger partial charge in [0.1, 0.15) is 17.7 Å². The molecule has 2 rings (SSSR count). The second kappa shape index (κ2) is 9.81. The lowest BCUT2D eigenvalue weighted by molar-refractivity contribution is -0.120. The Kier molecular flexibility index (Phi) is 7.18. The topological polar surface area (TPSA) is 98.3 Å². The van der Waals surface area contributed by atoms with Crippen molar-refractivity contribution < 1.29 is 23.9 Å². The molecule has 8 nitrogen and oxygen atoms in total. The van der Waals surface area contributed by atoms with Gasteiger partial charge >= 0.3 is 0 Å². The largest absolute Gasteiger partial charge is 0.497 e. The Bertz CT molecular complexity index is 819. The molecule has 2 aromatic carbocycles. The molecule has 0 saturated carbocycles. The molecule has 0 unspecified atom stereocenters. The standard InChI is InChI=1S/C19H21N3O5/c1-13-4-6-14(7-5-13)21-18(23)11-20-27-12-19(24)22-16-9-8-15(25-2)10-17(16)26-3/h4-11H,12H2,1-3H3,(H,21,23)(H,22,24). The summed E-state index contributed by atoms with van der Waals surface area (Å²) in [7, 11) is 3.02. The van der Waals surface area contributed by atoms with Gasteiger partial charge in [-0.05, 0) is 31.2 Å². The lowest BCUT2D eigenvalue weighted by Crippen LogP contribution is -2.18. The van der Waals surface area contributed by atoms with E-state index in [1.165, 1.54) is 14.2 Å². The summed E-state index contributed by atoms with van der Waals surface area (Å²) in [5.74, 6) is 0.139. The predicted molar refractivity (Wildman–Crippen MR) is 102 cm³/mol. The van der Waals surface area contributed by atoms with Gasteiger partial charge in [0.25, 0.3) is 11.8 Å². The summed E-state index contributed by atoms with van der Waals surface area (Å²) in [6, 6.07) is 12.3. The zero-order valence-corrected chi connectivity index (χ0v) is 15.3. The van der Waals surface area contributed by atoms with Crippen molar-refractivity contribution in [2.45, 2.75) is 6.92 Å². The number of oxime groups is 1. The molecule has 0 bridgehead atoms. The highest BCUT2D eigenvalue weighted by Crippen LogP contribution is 2.28. The zero-order chi connectivity index (χ0) is 19.6. The molecular weight excluding hydrogens is 350 g/mol. The molecule has 142 valence electrons. The maximum Gasteiger partial charge on any atom is 0.270 e. The quantitative estimate of drug-likeness (QED) is 0.549. The number of aryl methyl sites for hydroxylation is 1. The highest BCUT2D eigenvalue weighted by molar-refractivity contribution is 6.31. The SMILES string of the molecule is COc1ccc(NC(=O)CON=CC(=O)Nc2ccc(C)cc2)c(OC)c1. The molecule has 2 aromatic rings. The van der Waals surface area contributed by atoms with Crippen molar-refractivity contribution in [3.8, 4) is 11.5 Å². The van der Waals surface area contributed by atoms with Crippen LogP contribution < -0.4 is 20.1 Å². The van der Waals surface area contributed by atoms with Crippen molar-refractivity contribution in [2.24, 2.45) is 5.16 Å². The van der Waals surface area contributed by atoms with E-state index in [-0.39, 0.29) is 6.61 Å². The first-order valence-corrected chi connectivity index (χ1v) is 8.06. The van der Waals surface area contributed by atoms with Crippen LogP contribution >= 0.6 is 0 Å². The normalized spacial score (nSPS) is 10.3. The van der Waals surface area contributed by atoms with Crippen molar-refractivity contribution in [1.82, 2.24) is 0 Å². The number of methoxy groups -OCH3 is 2. The molecule has 27 heavy (non-hydrogen) atoms. The van der Waals surface area contributed by atoms with Crippen molar-refractivity contribution in [2.75, 3.05) is 31.5 Å². The van der Waals surface area contributed by atoms with Crippen LogP contribution in [0.5, 0.6) is 11.5 Å². The summed E-state index contributed by atoms with van der Waals surface area (Å²) >= 11 is 0. The van der Waals surface area contributed by atoms with Gasteiger partial charge < -0.3 is 24.9 Å². The van der Waals surface area contributed by atoms with E-state index in [4.69, 9.17) is 14.3 Å². The van der Waals surface area contributed by atoms with E-state index in [1.54, 1.807) is 30.3 Å². The van der Waals surface area contributed by atoms with E-state index < -0.39 is 11.8 Å². The van der Waals surface area contributed by atoms with E-state index in [2.05, 4.69) is 15.8 Å². The van der Waals surface area contributed by atoms with Crippen molar-refractivity contribution in [1.29, 1.82) is 0 Å². The van der Waals surface area contributed by atoms with Gasteiger partial charge in [-0.25, -0.2) is 0 Å². The second-order valence-electron chi connectivity index (χ2n) is 5.48. The molecule has 0 aliphatic carbocycles. The van der Waals surface area contributed by atoms with Crippen LogP contribution in [-0.2, 0) is 14.4 Å². The van der Waals surface area contributed by atoms with Crippen LogP contribution in [-0.4, -0.2) is 38.9 Å². The van der Waals surface area contributed by atoms with Gasteiger partial charge in [0.2, 0.25) is 0 Å². The first-order chi connectivity index (χ1) is 13.0. The number of benzene rings is 2. The lowest BCUT2D eigenvalue weighted by Gasteiger charge is -2.11. The fourth-order valence-corrected chi connectivity index (χ4v) is 2.08. The number of ether oxygens (including phenoxy) is 2. The van der Waals surface area contributed by atoms with Crippen LogP contribution in [0.15, 0.2) is 47.6 Å². The third-order valence-electron chi connectivity index (χ3n) is 3.44. The maximum absolute atomic E-state index is 11.9. The molecule has 2 amide bonds. The van der Waals surface area contributed by atoms with Crippen LogP contribution in [0.2, 0.25) is 0 Å². The zero-order valence-electron chi connectivity index (χ0n) is 15.3. The monoisotopic (exact) mass is 371 g/mol. The second-order valence-corrected chi connectivity index (χ2v) is 5.48. The van der Waals surface area contributed by atoms with Gasteiger partial charge in [-0.2, -0.15) is 0 Å². The highest BCUT2D eigenvalue weighted by Gasteiger charge is 2.09. The molecule has 0 aliphatic rings. The number of amides is 2. The molecule has 0 spiro atoms. The summed E-state index contributed by atoms with van der Waals surface area (Å²) in [5, 5.41) is 8.74. The van der Waals surface area contributed by atoms with Crippen molar-refractivity contribution in [3.63, 3.8) is 0 Å². The van der Waals surface area contributed by atoms with Gasteiger partial charge in [0.15, 0.2) is 6.61 Å². The van der Waals surface area contributed by atoms with Gasteiger partial charge in [-0.1, -0.05) is 22.9 Å². The Hall–Kier alpha value is -3.55. The molecule has 8 heteroatoms. The van der Waals surface area contributed by atoms with E-state index in [9.17, 15) is 9.59 Å². The minimum atomic E-state index is -0.462. The van der Waals surface area contributed by atoms with Crippen LogP contribution in [0, 0.1) is 6.92 Å². The van der Waals surface area contributed by atoms with E-state index >= 15 is 0 Å². The molecule has 0 saturated heterocycles. The number of carbonyl (C=O) groups excluding carboxylic acids is 2. The van der Waals surface area contributed by atoms with Crippen LogP contribution in [0.25, 0.3) is 0 Å². The van der Waals surface area contributed by atoms with E-state index in [0.29, 0.717) is 22.9 Å². The lowest BCUT2D eigenvalue weighted by atomic mass is 10.2. The molecule has 0 atom stereocenters. The fraction of sp³-hybridized carbons (Fsp3) is 0.211. The minimum absolute atomic E-state index is 0.358. The predicted octanol–water partition coefficient (Wildman–Crippen LogP) is 2.59. The Labute approximate surface area is 157 Å². The fourth-order valence-electron chi connectivity index (χ4n) is 2.08. The first kappa shape index (κ1) is 19.8. The first-order valence-electron chi connectivity index (χ1n) is 8.06. The Morgan fingerprint density at radius 2 is 1.78 bits per heavy atom. The molecule has 0 aliphatic heterocycles. The number of anilines is 2. The highest BCUT2D eigenvalue weighted by atomic mass is 16.6. The van der Waals surface area contributed by atoms with Crippen LogP contribution in [0.1, 0.15) is 5.56 Å². The molecular formula is C19H21N3O5.